The van der Waals surface area contributed by atoms with E-state index in [2.05, 4.69) is 28.4 Å². The Morgan fingerprint density at radius 2 is 2.04 bits per heavy atom. The number of carbonyl (C=O) groups excluding carboxylic acids is 1. The second kappa shape index (κ2) is 6.01. The van der Waals surface area contributed by atoms with Gasteiger partial charge >= 0.3 is 6.09 Å². The van der Waals surface area contributed by atoms with Crippen molar-refractivity contribution in [1.29, 1.82) is 0 Å². The number of fused-ring (bicyclic) bond motifs is 1. The Morgan fingerprint density at radius 3 is 2.72 bits per heavy atom. The minimum Gasteiger partial charge on any atom is -0.444 e. The summed E-state index contributed by atoms with van der Waals surface area (Å²) in [4.78, 5) is 17.6. The van der Waals surface area contributed by atoms with Crippen LogP contribution in [0.15, 0.2) is 23.9 Å². The molecule has 2 aliphatic carbocycles. The van der Waals surface area contributed by atoms with Crippen molar-refractivity contribution in [2.24, 2.45) is 11.8 Å². The van der Waals surface area contributed by atoms with Gasteiger partial charge in [-0.15, -0.1) is 0 Å². The van der Waals surface area contributed by atoms with E-state index in [-0.39, 0.29) is 6.09 Å². The number of likely N-dealkylation sites (tertiary alicyclic amines) is 1. The Bertz CT molecular complexity index is 644. The van der Waals surface area contributed by atoms with Gasteiger partial charge in [0.25, 0.3) is 0 Å². The van der Waals surface area contributed by atoms with E-state index in [0.717, 1.165) is 37.5 Å². The Balaban J connectivity index is 1.42. The normalized spacial score (nSPS) is 31.7. The molecular weight excluding hydrogens is 334 g/mol. The molecule has 3 atom stereocenters. The summed E-state index contributed by atoms with van der Waals surface area (Å²) in [6.07, 6.45) is 8.48. The molecule has 0 bridgehead atoms. The van der Waals surface area contributed by atoms with Crippen molar-refractivity contribution in [2.45, 2.75) is 51.3 Å². The number of carbonyl (C=O) groups is 1. The van der Waals surface area contributed by atoms with Crippen LogP contribution in [0.25, 0.3) is 0 Å². The van der Waals surface area contributed by atoms with Gasteiger partial charge in [-0.2, -0.15) is 0 Å². The number of hydrogen-bond acceptors (Lipinski definition) is 4. The number of piperidine rings is 1. The third kappa shape index (κ3) is 3.28. The van der Waals surface area contributed by atoms with Gasteiger partial charge in [-0.25, -0.2) is 4.79 Å². The molecule has 0 aromatic heterocycles. The van der Waals surface area contributed by atoms with Crippen LogP contribution in [0.5, 0.6) is 0 Å². The first-order valence-corrected chi connectivity index (χ1v) is 9.66. The standard InChI is InChI=1S/C19H27N3O2S/c1-19(2,3)24-18(23)21-9-7-12(8-10-21)22-11-15(25)20-17-13-5-4-6-14(22)16(13)17/h4-6,12-13,16-17H,7-11H2,1-3H3,(H,20,25). The van der Waals surface area contributed by atoms with Crippen LogP contribution in [-0.4, -0.2) is 58.2 Å². The molecule has 0 aromatic rings. The maximum Gasteiger partial charge on any atom is 0.410 e. The van der Waals surface area contributed by atoms with E-state index in [4.69, 9.17) is 17.0 Å². The lowest BCUT2D eigenvalue weighted by atomic mass is 10.00. The van der Waals surface area contributed by atoms with Gasteiger partial charge in [0.05, 0.1) is 11.5 Å². The van der Waals surface area contributed by atoms with Crippen LogP contribution in [0, 0.1) is 11.8 Å². The SMILES string of the molecule is CC(C)(C)OC(=O)N1CCC(N2CC(=S)NC3C4C=CC=C2C43)CC1. The van der Waals surface area contributed by atoms with Crippen molar-refractivity contribution in [3.63, 3.8) is 0 Å². The van der Waals surface area contributed by atoms with Gasteiger partial charge in [-0.3, -0.25) is 0 Å². The zero-order valence-corrected chi connectivity index (χ0v) is 16.0. The van der Waals surface area contributed by atoms with Crippen LogP contribution in [0.1, 0.15) is 33.6 Å². The molecule has 3 unspecified atom stereocenters. The van der Waals surface area contributed by atoms with Crippen LogP contribution in [-0.2, 0) is 4.74 Å². The first kappa shape index (κ1) is 16.9. The van der Waals surface area contributed by atoms with E-state index < -0.39 is 5.60 Å². The fraction of sp³-hybridized carbons (Fsp3) is 0.684. The lowest BCUT2D eigenvalue weighted by Crippen LogP contribution is -2.49. The first-order chi connectivity index (χ1) is 11.8. The van der Waals surface area contributed by atoms with Crippen LogP contribution in [0.2, 0.25) is 0 Å². The molecule has 6 heteroatoms. The van der Waals surface area contributed by atoms with Gasteiger partial charge in [0.15, 0.2) is 0 Å². The van der Waals surface area contributed by atoms with Crippen molar-refractivity contribution in [3.05, 3.63) is 23.9 Å². The smallest absolute Gasteiger partial charge is 0.410 e. The lowest BCUT2D eigenvalue weighted by molar-refractivity contribution is 0.0164. The van der Waals surface area contributed by atoms with Gasteiger partial charge in [0.1, 0.15) is 5.60 Å². The summed E-state index contributed by atoms with van der Waals surface area (Å²) in [5, 5.41) is 3.52. The van der Waals surface area contributed by atoms with E-state index in [1.807, 2.05) is 25.7 Å². The highest BCUT2D eigenvalue weighted by atomic mass is 32.1. The number of nitrogens with zero attached hydrogens (tertiary/aromatic N) is 2. The predicted molar refractivity (Wildman–Crippen MR) is 101 cm³/mol. The first-order valence-electron chi connectivity index (χ1n) is 9.26. The monoisotopic (exact) mass is 361 g/mol. The van der Waals surface area contributed by atoms with Crippen molar-refractivity contribution >= 4 is 23.3 Å². The molecule has 1 N–H and O–H groups in total. The fourth-order valence-corrected chi connectivity index (χ4v) is 4.60. The molecule has 25 heavy (non-hydrogen) atoms. The molecule has 1 saturated carbocycles. The van der Waals surface area contributed by atoms with Crippen molar-refractivity contribution in [3.8, 4) is 0 Å². The van der Waals surface area contributed by atoms with E-state index in [9.17, 15) is 4.79 Å². The number of allylic oxidation sites excluding steroid dienone is 2. The predicted octanol–water partition coefficient (Wildman–Crippen LogP) is 2.69. The summed E-state index contributed by atoms with van der Waals surface area (Å²) in [5.74, 6) is 1.18. The number of thiocarbonyl (C=S) groups is 1. The number of nitrogens with one attached hydrogen (secondary N) is 1. The molecule has 2 heterocycles. The Labute approximate surface area is 155 Å². The zero-order valence-electron chi connectivity index (χ0n) is 15.2. The van der Waals surface area contributed by atoms with E-state index in [0.29, 0.717) is 23.9 Å². The lowest BCUT2D eigenvalue weighted by Gasteiger charge is -2.41. The number of hydrogen-bond donors (Lipinski definition) is 1. The van der Waals surface area contributed by atoms with E-state index >= 15 is 0 Å². The summed E-state index contributed by atoms with van der Waals surface area (Å²) in [7, 11) is 0. The van der Waals surface area contributed by atoms with Crippen molar-refractivity contribution in [2.75, 3.05) is 19.6 Å². The van der Waals surface area contributed by atoms with E-state index in [1.165, 1.54) is 5.70 Å². The van der Waals surface area contributed by atoms with Gasteiger partial charge in [0.2, 0.25) is 0 Å². The minimum absolute atomic E-state index is 0.193. The summed E-state index contributed by atoms with van der Waals surface area (Å²) in [6, 6.07) is 0.931. The fourth-order valence-electron chi connectivity index (χ4n) is 4.33. The highest BCUT2D eigenvalue weighted by molar-refractivity contribution is 7.80. The average molecular weight is 362 g/mol. The summed E-state index contributed by atoms with van der Waals surface area (Å²) in [6.45, 7) is 8.02. The largest absolute Gasteiger partial charge is 0.444 e. The van der Waals surface area contributed by atoms with Crippen LogP contribution in [0.4, 0.5) is 4.79 Å². The Hall–Kier alpha value is -1.56. The maximum atomic E-state index is 12.3. The third-order valence-electron chi connectivity index (χ3n) is 5.55. The Morgan fingerprint density at radius 1 is 1.32 bits per heavy atom. The molecule has 0 aromatic carbocycles. The summed E-state index contributed by atoms with van der Waals surface area (Å²) >= 11 is 5.56. The number of ether oxygens (including phenoxy) is 1. The second-order valence-electron chi connectivity index (χ2n) is 8.50. The Kier molecular flexibility index (Phi) is 4.06. The zero-order chi connectivity index (χ0) is 17.8. The molecule has 136 valence electrons. The summed E-state index contributed by atoms with van der Waals surface area (Å²) in [5.41, 5.74) is 0.992. The molecule has 2 aliphatic heterocycles. The molecule has 0 spiro atoms. The third-order valence-corrected chi connectivity index (χ3v) is 5.79. The van der Waals surface area contributed by atoms with Gasteiger partial charge in [-0.05, 0) is 39.7 Å². The number of amides is 1. The average Bonchev–Trinajstić information content (AvgIpc) is 3.27. The minimum atomic E-state index is -0.439. The highest BCUT2D eigenvalue weighted by Gasteiger charge is 2.55. The molecule has 4 aliphatic rings. The second-order valence-corrected chi connectivity index (χ2v) is 8.99. The van der Waals surface area contributed by atoms with Crippen molar-refractivity contribution < 1.29 is 9.53 Å². The topological polar surface area (TPSA) is 44.8 Å². The van der Waals surface area contributed by atoms with Gasteiger partial charge in [0, 0.05) is 42.7 Å². The molecular formula is C19H27N3O2S. The summed E-state index contributed by atoms with van der Waals surface area (Å²) < 4.78 is 5.51. The van der Waals surface area contributed by atoms with Crippen molar-refractivity contribution in [1.82, 2.24) is 15.1 Å². The molecule has 3 fully saturated rings. The number of rotatable bonds is 1. The van der Waals surface area contributed by atoms with Crippen LogP contribution >= 0.6 is 12.2 Å². The maximum absolute atomic E-state index is 12.3. The van der Waals surface area contributed by atoms with Gasteiger partial charge < -0.3 is 19.9 Å². The van der Waals surface area contributed by atoms with E-state index in [1.54, 1.807) is 0 Å². The molecule has 4 rings (SSSR count). The molecule has 5 nitrogen and oxygen atoms in total. The van der Waals surface area contributed by atoms with Gasteiger partial charge in [-0.1, -0.05) is 24.4 Å². The molecule has 2 saturated heterocycles. The highest BCUT2D eigenvalue weighted by Crippen LogP contribution is 2.50. The van der Waals surface area contributed by atoms with Crippen LogP contribution in [0.3, 0.4) is 0 Å². The van der Waals surface area contributed by atoms with Crippen LogP contribution < -0.4 is 5.32 Å². The molecule has 0 radical (unpaired) electrons. The molecule has 1 amide bonds. The quantitative estimate of drug-likeness (QED) is 0.728.